The Hall–Kier alpha value is -2.67. The molecule has 152 valence electrons. The number of nitrogens with zero attached hydrogens (tertiary/aromatic N) is 4. The van der Waals surface area contributed by atoms with Crippen molar-refractivity contribution in [2.75, 3.05) is 0 Å². The maximum atomic E-state index is 12.9. The zero-order chi connectivity index (χ0) is 20.8. The maximum Gasteiger partial charge on any atom is 0.233 e. The number of benzene rings is 2. The average Bonchev–Trinajstić information content (AvgIpc) is 3.18. The lowest BCUT2D eigenvalue weighted by molar-refractivity contribution is -0.121. The van der Waals surface area contributed by atoms with Crippen LogP contribution >= 0.6 is 11.8 Å². The third-order valence-electron chi connectivity index (χ3n) is 4.99. The Balaban J connectivity index is 1.74. The standard InChI is InChI=1S/C22H27N5OS/c1-5-10-19(18-12-7-6-8-13-18)23-21(28)17(4)29-22-24-25-26-27(22)20-14-9-11-15(2)16(20)3/h6-9,11-14,17,19H,5,10H2,1-4H3,(H,23,28). The van der Waals surface area contributed by atoms with Gasteiger partial charge in [0.15, 0.2) is 0 Å². The molecule has 0 aliphatic carbocycles. The lowest BCUT2D eigenvalue weighted by Gasteiger charge is -2.21. The van der Waals surface area contributed by atoms with Crippen molar-refractivity contribution in [2.45, 2.75) is 57.0 Å². The first-order valence-corrected chi connectivity index (χ1v) is 10.8. The number of aryl methyl sites for hydroxylation is 1. The predicted molar refractivity (Wildman–Crippen MR) is 116 cm³/mol. The first kappa shape index (κ1) is 21.0. The summed E-state index contributed by atoms with van der Waals surface area (Å²) >= 11 is 1.36. The van der Waals surface area contributed by atoms with Crippen molar-refractivity contribution in [2.24, 2.45) is 0 Å². The molecule has 0 bridgehead atoms. The van der Waals surface area contributed by atoms with Crippen LogP contribution in [0, 0.1) is 13.8 Å². The Labute approximate surface area is 176 Å². The lowest BCUT2D eigenvalue weighted by Crippen LogP contribution is -2.34. The Bertz CT molecular complexity index is 957. The van der Waals surface area contributed by atoms with Crippen LogP contribution in [0.5, 0.6) is 0 Å². The number of nitrogens with one attached hydrogen (secondary N) is 1. The van der Waals surface area contributed by atoms with E-state index in [1.54, 1.807) is 4.68 Å². The van der Waals surface area contributed by atoms with Gasteiger partial charge in [0.2, 0.25) is 11.1 Å². The van der Waals surface area contributed by atoms with Gasteiger partial charge in [-0.05, 0) is 60.4 Å². The van der Waals surface area contributed by atoms with Crippen LogP contribution in [0.15, 0.2) is 53.7 Å². The van der Waals surface area contributed by atoms with Crippen LogP contribution in [0.3, 0.4) is 0 Å². The fourth-order valence-corrected chi connectivity index (χ4v) is 3.98. The molecule has 0 fully saturated rings. The Kier molecular flexibility index (Phi) is 7.04. The number of amides is 1. The monoisotopic (exact) mass is 409 g/mol. The molecular formula is C22H27N5OS. The van der Waals surface area contributed by atoms with Crippen LogP contribution in [-0.4, -0.2) is 31.4 Å². The fourth-order valence-electron chi connectivity index (χ4n) is 3.17. The smallest absolute Gasteiger partial charge is 0.233 e. The van der Waals surface area contributed by atoms with Crippen molar-refractivity contribution in [1.82, 2.24) is 25.5 Å². The molecule has 0 saturated heterocycles. The van der Waals surface area contributed by atoms with E-state index < -0.39 is 0 Å². The largest absolute Gasteiger partial charge is 0.348 e. The summed E-state index contributed by atoms with van der Waals surface area (Å²) < 4.78 is 1.71. The van der Waals surface area contributed by atoms with Gasteiger partial charge >= 0.3 is 0 Å². The van der Waals surface area contributed by atoms with E-state index in [9.17, 15) is 4.79 Å². The van der Waals surface area contributed by atoms with Crippen molar-refractivity contribution in [3.63, 3.8) is 0 Å². The molecule has 2 atom stereocenters. The summed E-state index contributed by atoms with van der Waals surface area (Å²) in [6.45, 7) is 8.12. The van der Waals surface area contributed by atoms with E-state index in [0.717, 1.165) is 29.7 Å². The number of thioether (sulfide) groups is 1. The van der Waals surface area contributed by atoms with E-state index in [1.165, 1.54) is 17.3 Å². The summed E-state index contributed by atoms with van der Waals surface area (Å²) in [4.78, 5) is 12.9. The Morgan fingerprint density at radius 3 is 2.62 bits per heavy atom. The average molecular weight is 410 g/mol. The van der Waals surface area contributed by atoms with Crippen molar-refractivity contribution in [3.05, 3.63) is 65.2 Å². The van der Waals surface area contributed by atoms with E-state index >= 15 is 0 Å². The van der Waals surface area contributed by atoms with Gasteiger partial charge in [-0.1, -0.05) is 67.6 Å². The second-order valence-electron chi connectivity index (χ2n) is 7.11. The van der Waals surface area contributed by atoms with Gasteiger partial charge in [0.1, 0.15) is 0 Å². The summed E-state index contributed by atoms with van der Waals surface area (Å²) in [7, 11) is 0. The zero-order valence-electron chi connectivity index (χ0n) is 17.3. The van der Waals surface area contributed by atoms with E-state index in [1.807, 2.05) is 44.2 Å². The molecule has 2 unspecified atom stereocenters. The van der Waals surface area contributed by atoms with Crippen LogP contribution in [0.25, 0.3) is 5.69 Å². The Morgan fingerprint density at radius 2 is 1.90 bits per heavy atom. The summed E-state index contributed by atoms with van der Waals surface area (Å²) in [5.41, 5.74) is 4.34. The highest BCUT2D eigenvalue weighted by atomic mass is 32.2. The molecule has 1 N–H and O–H groups in total. The molecule has 0 aliphatic heterocycles. The van der Waals surface area contributed by atoms with Gasteiger partial charge in [-0.15, -0.1) is 5.10 Å². The van der Waals surface area contributed by atoms with Crippen LogP contribution < -0.4 is 5.32 Å². The lowest BCUT2D eigenvalue weighted by atomic mass is 10.0. The molecule has 6 nitrogen and oxygen atoms in total. The topological polar surface area (TPSA) is 72.7 Å². The number of aromatic nitrogens is 4. The summed E-state index contributed by atoms with van der Waals surface area (Å²) in [6.07, 6.45) is 1.89. The summed E-state index contributed by atoms with van der Waals surface area (Å²) in [6, 6.07) is 16.1. The van der Waals surface area contributed by atoms with Gasteiger partial charge in [0.25, 0.3) is 0 Å². The van der Waals surface area contributed by atoms with E-state index in [0.29, 0.717) is 5.16 Å². The summed E-state index contributed by atoms with van der Waals surface area (Å²) in [5.74, 6) is -0.0205. The highest BCUT2D eigenvalue weighted by Gasteiger charge is 2.22. The minimum Gasteiger partial charge on any atom is -0.348 e. The molecule has 0 radical (unpaired) electrons. The molecule has 0 saturated carbocycles. The molecule has 3 aromatic rings. The van der Waals surface area contributed by atoms with Gasteiger partial charge in [-0.2, -0.15) is 4.68 Å². The molecule has 0 aliphatic rings. The number of hydrogen-bond acceptors (Lipinski definition) is 5. The van der Waals surface area contributed by atoms with Gasteiger partial charge in [-0.3, -0.25) is 4.79 Å². The SMILES string of the molecule is CCCC(NC(=O)C(C)Sc1nnnn1-c1cccc(C)c1C)c1ccccc1. The van der Waals surface area contributed by atoms with Gasteiger partial charge in [-0.25, -0.2) is 0 Å². The first-order valence-electron chi connectivity index (χ1n) is 9.88. The molecule has 3 rings (SSSR count). The molecule has 2 aromatic carbocycles. The second kappa shape index (κ2) is 9.69. The molecule has 29 heavy (non-hydrogen) atoms. The fraction of sp³-hybridized carbons (Fsp3) is 0.364. The first-order chi connectivity index (χ1) is 14.0. The van der Waals surface area contributed by atoms with Gasteiger partial charge in [0.05, 0.1) is 17.0 Å². The minimum atomic E-state index is -0.326. The molecule has 7 heteroatoms. The maximum absolute atomic E-state index is 12.9. The van der Waals surface area contributed by atoms with E-state index in [-0.39, 0.29) is 17.2 Å². The third kappa shape index (κ3) is 5.03. The number of carbonyl (C=O) groups is 1. The zero-order valence-corrected chi connectivity index (χ0v) is 18.1. The minimum absolute atomic E-state index is 0.00626. The third-order valence-corrected chi connectivity index (χ3v) is 6.03. The Morgan fingerprint density at radius 1 is 1.14 bits per heavy atom. The van der Waals surface area contributed by atoms with Crippen LogP contribution in [0.2, 0.25) is 0 Å². The van der Waals surface area contributed by atoms with Crippen molar-refractivity contribution < 1.29 is 4.79 Å². The molecule has 0 spiro atoms. The number of carbonyl (C=O) groups excluding carboxylic acids is 1. The number of rotatable bonds is 8. The van der Waals surface area contributed by atoms with Crippen molar-refractivity contribution >= 4 is 17.7 Å². The number of hydrogen-bond donors (Lipinski definition) is 1. The van der Waals surface area contributed by atoms with E-state index in [4.69, 9.17) is 0 Å². The summed E-state index contributed by atoms with van der Waals surface area (Å²) in [5, 5.41) is 15.6. The van der Waals surface area contributed by atoms with Crippen LogP contribution in [0.4, 0.5) is 0 Å². The second-order valence-corrected chi connectivity index (χ2v) is 8.42. The van der Waals surface area contributed by atoms with Crippen LogP contribution in [-0.2, 0) is 4.79 Å². The van der Waals surface area contributed by atoms with Crippen LogP contribution in [0.1, 0.15) is 49.4 Å². The normalized spacial score (nSPS) is 13.1. The molecular weight excluding hydrogens is 382 g/mol. The highest BCUT2D eigenvalue weighted by molar-refractivity contribution is 8.00. The van der Waals surface area contributed by atoms with Gasteiger partial charge < -0.3 is 5.32 Å². The molecule has 1 heterocycles. The van der Waals surface area contributed by atoms with Gasteiger partial charge in [0, 0.05) is 0 Å². The highest BCUT2D eigenvalue weighted by Crippen LogP contribution is 2.26. The molecule has 1 amide bonds. The molecule has 1 aromatic heterocycles. The number of tetrazole rings is 1. The van der Waals surface area contributed by atoms with Crippen molar-refractivity contribution in [3.8, 4) is 5.69 Å². The predicted octanol–water partition coefficient (Wildman–Crippen LogP) is 4.42. The quantitative estimate of drug-likeness (QED) is 0.558. The van der Waals surface area contributed by atoms with Crippen molar-refractivity contribution in [1.29, 1.82) is 0 Å². The van der Waals surface area contributed by atoms with E-state index in [2.05, 4.69) is 52.9 Å².